The summed E-state index contributed by atoms with van der Waals surface area (Å²) in [7, 11) is 0. The summed E-state index contributed by atoms with van der Waals surface area (Å²) in [5.74, 6) is 0.133. The van der Waals surface area contributed by atoms with Gasteiger partial charge in [0, 0.05) is 37.3 Å². The minimum Gasteiger partial charge on any atom is -0.327 e. The minimum absolute atomic E-state index is 0.133. The molecule has 1 aliphatic carbocycles. The predicted octanol–water partition coefficient (Wildman–Crippen LogP) is 0.957. The molecule has 2 fully saturated rings. The van der Waals surface area contributed by atoms with Crippen LogP contribution in [-0.2, 0) is 6.54 Å². The van der Waals surface area contributed by atoms with Gasteiger partial charge in [-0.05, 0) is 36.6 Å². The lowest BCUT2D eigenvalue weighted by molar-refractivity contribution is -0.0820. The highest BCUT2D eigenvalue weighted by molar-refractivity contribution is 5.37. The molecule has 2 aromatic rings. The van der Waals surface area contributed by atoms with Gasteiger partial charge >= 0.3 is 5.69 Å². The summed E-state index contributed by atoms with van der Waals surface area (Å²) in [4.78, 5) is 18.1. The van der Waals surface area contributed by atoms with Crippen molar-refractivity contribution in [1.29, 1.82) is 0 Å². The normalized spacial score (nSPS) is 22.0. The lowest BCUT2D eigenvalue weighted by Crippen LogP contribution is -2.68. The van der Waals surface area contributed by atoms with E-state index in [-0.39, 0.29) is 5.82 Å². The smallest absolute Gasteiger partial charge is 0.327 e. The summed E-state index contributed by atoms with van der Waals surface area (Å²) < 4.78 is 1.44. The quantitative estimate of drug-likeness (QED) is 0.724. The number of benzene rings is 1. The van der Waals surface area contributed by atoms with Gasteiger partial charge < -0.3 is 5.73 Å². The van der Waals surface area contributed by atoms with Crippen LogP contribution >= 0.6 is 0 Å². The van der Waals surface area contributed by atoms with Crippen LogP contribution in [0.5, 0.6) is 0 Å². The molecular formula is C17H21N5O2. The molecule has 7 heteroatoms. The van der Waals surface area contributed by atoms with E-state index in [0.29, 0.717) is 11.5 Å². The van der Waals surface area contributed by atoms with Crippen LogP contribution in [-0.4, -0.2) is 38.8 Å². The maximum Gasteiger partial charge on any atom is 0.354 e. The summed E-state index contributed by atoms with van der Waals surface area (Å²) in [5.41, 5.74) is 9.90. The third-order valence-corrected chi connectivity index (χ3v) is 5.36. The second kappa shape index (κ2) is 5.70. The van der Waals surface area contributed by atoms with Crippen molar-refractivity contribution in [2.24, 2.45) is 11.1 Å². The number of aromatic nitrogens is 2. The van der Waals surface area contributed by atoms with Crippen molar-refractivity contribution >= 4 is 5.82 Å². The lowest BCUT2D eigenvalue weighted by Gasteiger charge is -2.59. The molecule has 1 saturated heterocycles. The topological polar surface area (TPSA) is 96.4 Å². The number of nitrogens with two attached hydrogens (primary N) is 1. The lowest BCUT2D eigenvalue weighted by atomic mass is 9.60. The van der Waals surface area contributed by atoms with E-state index in [1.54, 1.807) is 6.20 Å². The summed E-state index contributed by atoms with van der Waals surface area (Å²) in [5, 5.41) is 8.77. The van der Waals surface area contributed by atoms with Crippen LogP contribution in [0.15, 0.2) is 41.3 Å². The zero-order valence-corrected chi connectivity index (χ0v) is 13.4. The van der Waals surface area contributed by atoms with Crippen molar-refractivity contribution in [2.45, 2.75) is 25.4 Å². The molecule has 4 N–H and O–H groups in total. The highest BCUT2D eigenvalue weighted by Gasteiger charge is 2.52. The van der Waals surface area contributed by atoms with E-state index in [2.05, 4.69) is 9.88 Å². The Labute approximate surface area is 139 Å². The number of hydrogen-bond donors (Lipinski definition) is 3. The standard InChI is InChI=1S/C17H21N5O2/c18-14-5-7-17(14)10-21(11-17)9-12-1-3-13(4-2-12)22-8-6-15(20-24)19-16(22)23/h1-4,6,8,14,24H,5,7,9-11,18H2,(H,19,20,23). The van der Waals surface area contributed by atoms with E-state index in [1.165, 1.54) is 22.6 Å². The van der Waals surface area contributed by atoms with Gasteiger partial charge in [-0.2, -0.15) is 4.98 Å². The van der Waals surface area contributed by atoms with Gasteiger partial charge in [0.05, 0.1) is 5.69 Å². The average Bonchev–Trinajstić information content (AvgIpc) is 2.56. The Kier molecular flexibility index (Phi) is 3.64. The van der Waals surface area contributed by atoms with E-state index in [1.807, 2.05) is 29.7 Å². The van der Waals surface area contributed by atoms with Gasteiger partial charge in [-0.1, -0.05) is 12.1 Å². The van der Waals surface area contributed by atoms with E-state index in [0.717, 1.165) is 31.7 Å². The Morgan fingerprint density at radius 1 is 1.29 bits per heavy atom. The first kappa shape index (κ1) is 15.3. The number of hydrogen-bond acceptors (Lipinski definition) is 6. The van der Waals surface area contributed by atoms with Crippen LogP contribution in [0, 0.1) is 5.41 Å². The van der Waals surface area contributed by atoms with Gasteiger partial charge in [-0.25, -0.2) is 4.79 Å². The van der Waals surface area contributed by atoms with E-state index >= 15 is 0 Å². The predicted molar refractivity (Wildman–Crippen MR) is 90.2 cm³/mol. The summed E-state index contributed by atoms with van der Waals surface area (Å²) >= 11 is 0. The fourth-order valence-corrected chi connectivity index (χ4v) is 3.75. The monoisotopic (exact) mass is 327 g/mol. The molecule has 1 aromatic carbocycles. The molecule has 0 amide bonds. The van der Waals surface area contributed by atoms with Crippen LogP contribution in [0.3, 0.4) is 0 Å². The molecule has 4 rings (SSSR count). The van der Waals surface area contributed by atoms with Crippen LogP contribution in [0.4, 0.5) is 5.82 Å². The molecule has 1 atom stereocenters. The highest BCUT2D eigenvalue weighted by Crippen LogP contribution is 2.47. The number of nitrogens with zero attached hydrogens (tertiary/aromatic N) is 3. The van der Waals surface area contributed by atoms with Crippen molar-refractivity contribution in [1.82, 2.24) is 14.5 Å². The van der Waals surface area contributed by atoms with Crippen molar-refractivity contribution in [2.75, 3.05) is 18.6 Å². The second-order valence-electron chi connectivity index (χ2n) is 6.90. The molecule has 126 valence electrons. The maximum atomic E-state index is 11.9. The van der Waals surface area contributed by atoms with Crippen molar-refractivity contribution in [3.63, 3.8) is 0 Å². The Hall–Kier alpha value is -2.22. The molecular weight excluding hydrogens is 306 g/mol. The van der Waals surface area contributed by atoms with Crippen LogP contribution < -0.4 is 16.9 Å². The molecule has 7 nitrogen and oxygen atoms in total. The highest BCUT2D eigenvalue weighted by atomic mass is 16.5. The Bertz CT molecular complexity index is 795. The number of nitrogens with one attached hydrogen (secondary N) is 1. The van der Waals surface area contributed by atoms with Crippen LogP contribution in [0.2, 0.25) is 0 Å². The van der Waals surface area contributed by atoms with Gasteiger partial charge in [0.2, 0.25) is 0 Å². The maximum absolute atomic E-state index is 11.9. The van der Waals surface area contributed by atoms with Crippen molar-refractivity contribution < 1.29 is 5.21 Å². The fraction of sp³-hybridized carbons (Fsp3) is 0.412. The van der Waals surface area contributed by atoms with Crippen molar-refractivity contribution in [3.8, 4) is 5.69 Å². The molecule has 0 radical (unpaired) electrons. The largest absolute Gasteiger partial charge is 0.354 e. The first-order valence-corrected chi connectivity index (χ1v) is 8.17. The third kappa shape index (κ3) is 2.50. The third-order valence-electron chi connectivity index (χ3n) is 5.36. The molecule has 0 bridgehead atoms. The van der Waals surface area contributed by atoms with Gasteiger partial charge in [0.1, 0.15) is 0 Å². The Morgan fingerprint density at radius 3 is 2.58 bits per heavy atom. The zero-order valence-electron chi connectivity index (χ0n) is 13.4. The first-order valence-electron chi connectivity index (χ1n) is 8.17. The molecule has 1 saturated carbocycles. The van der Waals surface area contributed by atoms with Gasteiger partial charge in [0.15, 0.2) is 5.82 Å². The number of rotatable bonds is 4. The van der Waals surface area contributed by atoms with E-state index < -0.39 is 5.69 Å². The molecule has 1 spiro atoms. The van der Waals surface area contributed by atoms with E-state index in [9.17, 15) is 4.79 Å². The summed E-state index contributed by atoms with van der Waals surface area (Å²) in [6, 6.07) is 9.81. The molecule has 1 aromatic heterocycles. The Balaban J connectivity index is 1.43. The Morgan fingerprint density at radius 2 is 2.04 bits per heavy atom. The molecule has 2 aliphatic rings. The van der Waals surface area contributed by atoms with Gasteiger partial charge in [-0.15, -0.1) is 0 Å². The molecule has 2 heterocycles. The van der Waals surface area contributed by atoms with Gasteiger partial charge in [-0.3, -0.25) is 20.2 Å². The van der Waals surface area contributed by atoms with Crippen LogP contribution in [0.1, 0.15) is 18.4 Å². The summed E-state index contributed by atoms with van der Waals surface area (Å²) in [6.45, 7) is 3.10. The first-order chi connectivity index (χ1) is 11.6. The second-order valence-corrected chi connectivity index (χ2v) is 6.90. The fourth-order valence-electron chi connectivity index (χ4n) is 3.75. The minimum atomic E-state index is -0.439. The molecule has 1 unspecified atom stereocenters. The van der Waals surface area contributed by atoms with Gasteiger partial charge in [0.25, 0.3) is 0 Å². The summed E-state index contributed by atoms with van der Waals surface area (Å²) in [6.07, 6.45) is 4.01. The SMILES string of the molecule is NC1CCC12CN(Cc1ccc(-n3ccc(NO)nc3=O)cc1)C2. The molecule has 24 heavy (non-hydrogen) atoms. The van der Waals surface area contributed by atoms with Crippen LogP contribution in [0.25, 0.3) is 5.69 Å². The van der Waals surface area contributed by atoms with Crippen molar-refractivity contribution in [3.05, 3.63) is 52.6 Å². The van der Waals surface area contributed by atoms with E-state index in [4.69, 9.17) is 10.9 Å². The zero-order chi connectivity index (χ0) is 16.7. The average molecular weight is 327 g/mol. The number of likely N-dealkylation sites (tertiary alicyclic amines) is 1. The molecule has 1 aliphatic heterocycles. The number of anilines is 1.